The summed E-state index contributed by atoms with van der Waals surface area (Å²) in [5.41, 5.74) is 1.95. The molecule has 0 amide bonds. The van der Waals surface area contributed by atoms with Gasteiger partial charge in [-0.25, -0.2) is 4.39 Å². The van der Waals surface area contributed by atoms with E-state index in [9.17, 15) is 4.39 Å². The van der Waals surface area contributed by atoms with E-state index in [1.165, 1.54) is 6.07 Å². The van der Waals surface area contributed by atoms with Crippen LogP contribution in [0.3, 0.4) is 0 Å². The van der Waals surface area contributed by atoms with Crippen molar-refractivity contribution in [3.05, 3.63) is 60.2 Å². The van der Waals surface area contributed by atoms with E-state index in [0.717, 1.165) is 37.6 Å². The van der Waals surface area contributed by atoms with Gasteiger partial charge in [0, 0.05) is 38.1 Å². The molecular formula is C16H20FN3. The SMILES string of the molecule is CCN(CCNCc1ccccn1)c1cccc(F)c1. The van der Waals surface area contributed by atoms with Crippen LogP contribution >= 0.6 is 0 Å². The van der Waals surface area contributed by atoms with Crippen LogP contribution in [0.15, 0.2) is 48.7 Å². The third-order valence-corrected chi connectivity index (χ3v) is 3.15. The van der Waals surface area contributed by atoms with E-state index in [-0.39, 0.29) is 5.82 Å². The highest BCUT2D eigenvalue weighted by atomic mass is 19.1. The first kappa shape index (κ1) is 14.5. The first-order valence-electron chi connectivity index (χ1n) is 6.90. The molecule has 0 aliphatic heterocycles. The van der Waals surface area contributed by atoms with E-state index >= 15 is 0 Å². The maximum Gasteiger partial charge on any atom is 0.125 e. The molecule has 2 rings (SSSR count). The average Bonchev–Trinajstić information content (AvgIpc) is 2.48. The molecule has 0 fully saturated rings. The van der Waals surface area contributed by atoms with Crippen LogP contribution in [0.5, 0.6) is 0 Å². The summed E-state index contributed by atoms with van der Waals surface area (Å²) in [6.45, 7) is 5.35. The molecule has 0 saturated heterocycles. The molecule has 1 aromatic carbocycles. The van der Waals surface area contributed by atoms with Crippen molar-refractivity contribution in [1.82, 2.24) is 10.3 Å². The van der Waals surface area contributed by atoms with Gasteiger partial charge in [-0.2, -0.15) is 0 Å². The maximum atomic E-state index is 13.2. The Morgan fingerprint density at radius 1 is 1.20 bits per heavy atom. The molecular weight excluding hydrogens is 253 g/mol. The van der Waals surface area contributed by atoms with Gasteiger partial charge < -0.3 is 10.2 Å². The molecule has 0 bridgehead atoms. The van der Waals surface area contributed by atoms with E-state index in [4.69, 9.17) is 0 Å². The van der Waals surface area contributed by atoms with E-state index in [1.54, 1.807) is 18.3 Å². The van der Waals surface area contributed by atoms with E-state index in [2.05, 4.69) is 22.1 Å². The van der Waals surface area contributed by atoms with Crippen LogP contribution in [-0.2, 0) is 6.54 Å². The van der Waals surface area contributed by atoms with Crippen LogP contribution in [0.2, 0.25) is 0 Å². The van der Waals surface area contributed by atoms with Crippen LogP contribution < -0.4 is 10.2 Å². The van der Waals surface area contributed by atoms with Gasteiger partial charge in [0.25, 0.3) is 0 Å². The normalized spacial score (nSPS) is 10.5. The minimum atomic E-state index is -0.192. The number of likely N-dealkylation sites (N-methyl/N-ethyl adjacent to an activating group) is 1. The first-order chi connectivity index (χ1) is 9.79. The van der Waals surface area contributed by atoms with Gasteiger partial charge in [0.05, 0.1) is 5.69 Å². The fraction of sp³-hybridized carbons (Fsp3) is 0.312. The topological polar surface area (TPSA) is 28.2 Å². The summed E-state index contributed by atoms with van der Waals surface area (Å²) < 4.78 is 13.2. The third-order valence-electron chi connectivity index (χ3n) is 3.15. The second kappa shape index (κ2) is 7.60. The summed E-state index contributed by atoms with van der Waals surface area (Å²) in [6.07, 6.45) is 1.79. The molecule has 0 radical (unpaired) electrons. The number of benzene rings is 1. The van der Waals surface area contributed by atoms with Gasteiger partial charge in [0.2, 0.25) is 0 Å². The minimum Gasteiger partial charge on any atom is -0.370 e. The van der Waals surface area contributed by atoms with Gasteiger partial charge in [-0.05, 0) is 37.3 Å². The molecule has 20 heavy (non-hydrogen) atoms. The van der Waals surface area contributed by atoms with Gasteiger partial charge in [0.1, 0.15) is 5.82 Å². The highest BCUT2D eigenvalue weighted by Crippen LogP contribution is 2.14. The molecule has 1 aromatic heterocycles. The zero-order valence-electron chi connectivity index (χ0n) is 11.7. The smallest absolute Gasteiger partial charge is 0.125 e. The number of rotatable bonds is 7. The van der Waals surface area contributed by atoms with Crippen LogP contribution in [-0.4, -0.2) is 24.6 Å². The first-order valence-corrected chi connectivity index (χ1v) is 6.90. The Hall–Kier alpha value is -1.94. The molecule has 106 valence electrons. The lowest BCUT2D eigenvalue weighted by Crippen LogP contribution is -2.32. The van der Waals surface area contributed by atoms with Crippen molar-refractivity contribution in [3.63, 3.8) is 0 Å². The molecule has 4 heteroatoms. The molecule has 0 unspecified atom stereocenters. The molecule has 2 aromatic rings. The number of aromatic nitrogens is 1. The highest BCUT2D eigenvalue weighted by Gasteiger charge is 2.04. The highest BCUT2D eigenvalue weighted by molar-refractivity contribution is 5.46. The van der Waals surface area contributed by atoms with Crippen molar-refractivity contribution in [3.8, 4) is 0 Å². The lowest BCUT2D eigenvalue weighted by molar-refractivity contribution is 0.624. The number of pyridine rings is 1. The Labute approximate surface area is 119 Å². The van der Waals surface area contributed by atoms with Crippen molar-refractivity contribution in [2.24, 2.45) is 0 Å². The molecule has 0 spiro atoms. The van der Waals surface area contributed by atoms with Gasteiger partial charge >= 0.3 is 0 Å². The second-order valence-corrected chi connectivity index (χ2v) is 4.56. The monoisotopic (exact) mass is 273 g/mol. The van der Waals surface area contributed by atoms with Gasteiger partial charge in [0.15, 0.2) is 0 Å². The molecule has 1 N–H and O–H groups in total. The fourth-order valence-electron chi connectivity index (χ4n) is 2.08. The number of hydrogen-bond donors (Lipinski definition) is 1. The zero-order chi connectivity index (χ0) is 14.2. The van der Waals surface area contributed by atoms with Crippen molar-refractivity contribution in [2.75, 3.05) is 24.5 Å². The quantitative estimate of drug-likeness (QED) is 0.786. The number of halogens is 1. The van der Waals surface area contributed by atoms with Crippen LogP contribution in [0, 0.1) is 5.82 Å². The predicted molar refractivity (Wildman–Crippen MR) is 80.2 cm³/mol. The molecule has 0 atom stereocenters. The average molecular weight is 273 g/mol. The summed E-state index contributed by atoms with van der Waals surface area (Å²) in [7, 11) is 0. The molecule has 0 aliphatic carbocycles. The Morgan fingerprint density at radius 3 is 2.80 bits per heavy atom. The summed E-state index contributed by atoms with van der Waals surface area (Å²) in [5, 5.41) is 3.35. The van der Waals surface area contributed by atoms with Gasteiger partial charge in [-0.3, -0.25) is 4.98 Å². The standard InChI is InChI=1S/C16H20FN3/c1-2-20(16-8-5-6-14(17)12-16)11-10-18-13-15-7-3-4-9-19-15/h3-9,12,18H,2,10-11,13H2,1H3. The van der Waals surface area contributed by atoms with Crippen molar-refractivity contribution < 1.29 is 4.39 Å². The van der Waals surface area contributed by atoms with E-state index < -0.39 is 0 Å². The van der Waals surface area contributed by atoms with Crippen molar-refractivity contribution in [1.29, 1.82) is 0 Å². The summed E-state index contributed by atoms with van der Waals surface area (Å²) in [5.74, 6) is -0.192. The Kier molecular flexibility index (Phi) is 5.50. The predicted octanol–water partition coefficient (Wildman–Crippen LogP) is 2.84. The summed E-state index contributed by atoms with van der Waals surface area (Å²) >= 11 is 0. The van der Waals surface area contributed by atoms with Gasteiger partial charge in [-0.15, -0.1) is 0 Å². The lowest BCUT2D eigenvalue weighted by Gasteiger charge is -2.23. The summed E-state index contributed by atoms with van der Waals surface area (Å²) in [4.78, 5) is 6.41. The van der Waals surface area contributed by atoms with Crippen LogP contribution in [0.25, 0.3) is 0 Å². The molecule has 0 saturated carbocycles. The Bertz CT molecular complexity index is 516. The summed E-state index contributed by atoms with van der Waals surface area (Å²) in [6, 6.07) is 12.6. The third kappa shape index (κ3) is 4.31. The lowest BCUT2D eigenvalue weighted by atomic mass is 10.2. The Morgan fingerprint density at radius 2 is 2.10 bits per heavy atom. The van der Waals surface area contributed by atoms with Gasteiger partial charge in [-0.1, -0.05) is 12.1 Å². The van der Waals surface area contributed by atoms with Crippen molar-refractivity contribution >= 4 is 5.69 Å². The van der Waals surface area contributed by atoms with Crippen LogP contribution in [0.4, 0.5) is 10.1 Å². The van der Waals surface area contributed by atoms with Crippen LogP contribution in [0.1, 0.15) is 12.6 Å². The van der Waals surface area contributed by atoms with E-state index in [0.29, 0.717) is 0 Å². The maximum absolute atomic E-state index is 13.2. The molecule has 0 aliphatic rings. The Balaban J connectivity index is 1.80. The number of nitrogens with zero attached hydrogens (tertiary/aromatic N) is 2. The number of hydrogen-bond acceptors (Lipinski definition) is 3. The largest absolute Gasteiger partial charge is 0.370 e. The molecule has 3 nitrogen and oxygen atoms in total. The number of nitrogens with one attached hydrogen (secondary N) is 1. The van der Waals surface area contributed by atoms with E-state index in [1.807, 2.05) is 24.3 Å². The minimum absolute atomic E-state index is 0.192. The zero-order valence-corrected chi connectivity index (χ0v) is 11.7. The number of anilines is 1. The molecule has 1 heterocycles. The van der Waals surface area contributed by atoms with Crippen molar-refractivity contribution in [2.45, 2.75) is 13.5 Å². The second-order valence-electron chi connectivity index (χ2n) is 4.56. The fourth-order valence-corrected chi connectivity index (χ4v) is 2.08.